The Balaban J connectivity index is 2.41. The summed E-state index contributed by atoms with van der Waals surface area (Å²) < 4.78 is 4.06. The molecule has 0 amide bonds. The molecule has 76 valence electrons. The molecule has 2 rings (SSSR count). The van der Waals surface area contributed by atoms with Crippen LogP contribution in [0.2, 0.25) is 0 Å². The highest BCUT2D eigenvalue weighted by Crippen LogP contribution is 2.41. The second-order valence-corrected chi connectivity index (χ2v) is 4.49. The van der Waals surface area contributed by atoms with Crippen molar-refractivity contribution in [2.45, 2.75) is 38.0 Å². The average molecular weight is 212 g/mol. The van der Waals surface area contributed by atoms with Gasteiger partial charge in [0, 0.05) is 0 Å². The molecule has 1 aliphatic rings. The number of carboxylic acid groups (broad SMARTS) is 1. The molecule has 0 aromatic carbocycles. The topological polar surface area (TPSA) is 63.1 Å². The molecule has 14 heavy (non-hydrogen) atoms. The minimum absolute atomic E-state index is 0.678. The number of nitrogens with zero attached hydrogens (tertiary/aromatic N) is 2. The Kier molecular flexibility index (Phi) is 2.26. The Bertz CT molecular complexity index is 355. The molecule has 1 heterocycles. The number of aliphatic carboxylic acids is 1. The van der Waals surface area contributed by atoms with E-state index in [1.807, 2.05) is 0 Å². The molecule has 0 spiro atoms. The van der Waals surface area contributed by atoms with E-state index in [2.05, 4.69) is 9.36 Å². The fourth-order valence-corrected chi connectivity index (χ4v) is 2.89. The van der Waals surface area contributed by atoms with E-state index in [0.717, 1.165) is 12.8 Å². The van der Waals surface area contributed by atoms with Crippen molar-refractivity contribution >= 4 is 17.5 Å². The standard InChI is InChI=1S/C9H12N2O2S/c1-6-10-7(14-11-6)9(8(12)13)4-2-3-5-9/h2-5H2,1H3,(H,12,13). The van der Waals surface area contributed by atoms with Crippen molar-refractivity contribution in [1.82, 2.24) is 9.36 Å². The Hall–Kier alpha value is -0.970. The molecule has 1 aromatic rings. The number of carbonyl (C=O) groups is 1. The van der Waals surface area contributed by atoms with E-state index in [9.17, 15) is 9.90 Å². The number of aryl methyl sites for hydroxylation is 1. The maximum atomic E-state index is 11.3. The van der Waals surface area contributed by atoms with Gasteiger partial charge in [-0.1, -0.05) is 12.8 Å². The van der Waals surface area contributed by atoms with Crippen LogP contribution in [0.4, 0.5) is 0 Å². The Morgan fingerprint density at radius 2 is 2.14 bits per heavy atom. The smallest absolute Gasteiger partial charge is 0.316 e. The van der Waals surface area contributed by atoms with E-state index in [1.165, 1.54) is 11.5 Å². The summed E-state index contributed by atoms with van der Waals surface area (Å²) in [5, 5.41) is 9.95. The van der Waals surface area contributed by atoms with Crippen molar-refractivity contribution in [2.75, 3.05) is 0 Å². The van der Waals surface area contributed by atoms with Crippen LogP contribution < -0.4 is 0 Å². The highest BCUT2D eigenvalue weighted by molar-refractivity contribution is 7.05. The van der Waals surface area contributed by atoms with Gasteiger partial charge in [-0.15, -0.1) is 0 Å². The number of aromatic nitrogens is 2. The molecule has 5 heteroatoms. The SMILES string of the molecule is Cc1nsc(C2(C(=O)O)CCCC2)n1. The molecular weight excluding hydrogens is 200 g/mol. The molecule has 0 bridgehead atoms. The van der Waals surface area contributed by atoms with Crippen molar-refractivity contribution in [2.24, 2.45) is 0 Å². The Morgan fingerprint density at radius 1 is 1.50 bits per heavy atom. The van der Waals surface area contributed by atoms with Gasteiger partial charge in [0.15, 0.2) is 0 Å². The van der Waals surface area contributed by atoms with Crippen molar-refractivity contribution in [3.05, 3.63) is 10.8 Å². The summed E-state index contributed by atoms with van der Waals surface area (Å²) in [6, 6.07) is 0. The summed E-state index contributed by atoms with van der Waals surface area (Å²) in [4.78, 5) is 15.5. The zero-order valence-corrected chi connectivity index (χ0v) is 8.80. The minimum Gasteiger partial charge on any atom is -0.481 e. The van der Waals surface area contributed by atoms with E-state index in [-0.39, 0.29) is 0 Å². The molecule has 1 fully saturated rings. The van der Waals surface area contributed by atoms with E-state index < -0.39 is 11.4 Å². The third kappa shape index (κ3) is 1.32. The van der Waals surface area contributed by atoms with Gasteiger partial charge in [0.05, 0.1) is 0 Å². The summed E-state index contributed by atoms with van der Waals surface area (Å²) >= 11 is 1.23. The highest BCUT2D eigenvalue weighted by atomic mass is 32.1. The number of hydrogen-bond donors (Lipinski definition) is 1. The first-order chi connectivity index (χ1) is 6.65. The van der Waals surface area contributed by atoms with Crippen LogP contribution in [0.1, 0.15) is 36.5 Å². The predicted molar refractivity (Wildman–Crippen MR) is 52.4 cm³/mol. The molecule has 4 nitrogen and oxygen atoms in total. The lowest BCUT2D eigenvalue weighted by Gasteiger charge is -2.19. The van der Waals surface area contributed by atoms with Gasteiger partial charge in [-0.3, -0.25) is 4.79 Å². The molecule has 1 N–H and O–H groups in total. The second kappa shape index (κ2) is 3.31. The third-order valence-corrected chi connectivity index (χ3v) is 3.81. The molecule has 0 aliphatic heterocycles. The monoisotopic (exact) mass is 212 g/mol. The van der Waals surface area contributed by atoms with E-state index >= 15 is 0 Å². The van der Waals surface area contributed by atoms with Gasteiger partial charge in [-0.25, -0.2) is 4.98 Å². The van der Waals surface area contributed by atoms with Gasteiger partial charge in [0.2, 0.25) is 0 Å². The fourth-order valence-electron chi connectivity index (χ4n) is 1.99. The summed E-state index contributed by atoms with van der Waals surface area (Å²) in [6.07, 6.45) is 3.36. The predicted octanol–water partition coefficient (Wildman–Crippen LogP) is 1.74. The first-order valence-electron chi connectivity index (χ1n) is 4.69. The van der Waals surface area contributed by atoms with E-state index in [0.29, 0.717) is 23.7 Å². The fraction of sp³-hybridized carbons (Fsp3) is 0.667. The molecule has 0 unspecified atom stereocenters. The van der Waals surface area contributed by atoms with Crippen LogP contribution in [0.5, 0.6) is 0 Å². The lowest BCUT2D eigenvalue weighted by molar-refractivity contribution is -0.143. The van der Waals surface area contributed by atoms with Crippen molar-refractivity contribution in [1.29, 1.82) is 0 Å². The van der Waals surface area contributed by atoms with Gasteiger partial charge < -0.3 is 5.11 Å². The minimum atomic E-state index is -0.744. The third-order valence-electron chi connectivity index (χ3n) is 2.80. The Labute approximate surface area is 86.2 Å². The molecule has 1 aromatic heterocycles. The lowest BCUT2D eigenvalue weighted by Crippen LogP contribution is -2.32. The van der Waals surface area contributed by atoms with Crippen molar-refractivity contribution in [3.63, 3.8) is 0 Å². The van der Waals surface area contributed by atoms with Gasteiger partial charge in [-0.2, -0.15) is 4.37 Å². The summed E-state index contributed by atoms with van der Waals surface area (Å²) in [5.74, 6) is -0.0660. The van der Waals surface area contributed by atoms with Gasteiger partial charge in [0.1, 0.15) is 16.2 Å². The van der Waals surface area contributed by atoms with Gasteiger partial charge in [0.25, 0.3) is 0 Å². The first-order valence-corrected chi connectivity index (χ1v) is 5.47. The molecular formula is C9H12N2O2S. The maximum Gasteiger partial charge on any atom is 0.316 e. The zero-order valence-electron chi connectivity index (χ0n) is 7.99. The molecule has 1 aliphatic carbocycles. The van der Waals surface area contributed by atoms with Crippen LogP contribution in [0, 0.1) is 6.92 Å². The highest BCUT2D eigenvalue weighted by Gasteiger charge is 2.45. The van der Waals surface area contributed by atoms with Gasteiger partial charge >= 0.3 is 5.97 Å². The summed E-state index contributed by atoms with van der Waals surface area (Å²) in [7, 11) is 0. The van der Waals surface area contributed by atoms with E-state index in [1.54, 1.807) is 6.92 Å². The molecule has 0 radical (unpaired) electrons. The summed E-state index contributed by atoms with van der Waals surface area (Å²) in [6.45, 7) is 1.80. The number of carboxylic acids is 1. The molecule has 1 saturated carbocycles. The average Bonchev–Trinajstić information content (AvgIpc) is 2.71. The van der Waals surface area contributed by atoms with Crippen molar-refractivity contribution in [3.8, 4) is 0 Å². The van der Waals surface area contributed by atoms with Crippen molar-refractivity contribution < 1.29 is 9.90 Å². The van der Waals surface area contributed by atoms with Crippen LogP contribution in [0.15, 0.2) is 0 Å². The number of rotatable bonds is 2. The van der Waals surface area contributed by atoms with E-state index in [4.69, 9.17) is 0 Å². The summed E-state index contributed by atoms with van der Waals surface area (Å²) in [5.41, 5.74) is -0.730. The van der Waals surface area contributed by atoms with Crippen LogP contribution in [-0.2, 0) is 10.2 Å². The molecule has 0 atom stereocenters. The van der Waals surface area contributed by atoms with Crippen LogP contribution in [0.3, 0.4) is 0 Å². The quantitative estimate of drug-likeness (QED) is 0.811. The molecule has 0 saturated heterocycles. The van der Waals surface area contributed by atoms with Gasteiger partial charge in [-0.05, 0) is 31.3 Å². The second-order valence-electron chi connectivity index (χ2n) is 3.74. The number of hydrogen-bond acceptors (Lipinski definition) is 4. The van der Waals surface area contributed by atoms with Crippen LogP contribution in [-0.4, -0.2) is 20.4 Å². The Morgan fingerprint density at radius 3 is 2.57 bits per heavy atom. The van der Waals surface area contributed by atoms with Crippen LogP contribution >= 0.6 is 11.5 Å². The first kappa shape index (κ1) is 9.58. The lowest BCUT2D eigenvalue weighted by atomic mass is 9.87. The van der Waals surface area contributed by atoms with Crippen LogP contribution in [0.25, 0.3) is 0 Å². The maximum absolute atomic E-state index is 11.3. The largest absolute Gasteiger partial charge is 0.481 e. The normalized spacial score (nSPS) is 19.8. The zero-order chi connectivity index (χ0) is 10.2.